The van der Waals surface area contributed by atoms with Gasteiger partial charge in [-0.25, -0.2) is 4.98 Å². The van der Waals surface area contributed by atoms with Crippen molar-refractivity contribution in [1.29, 1.82) is 0 Å². The van der Waals surface area contributed by atoms with E-state index in [1.807, 2.05) is 7.05 Å². The second kappa shape index (κ2) is 5.33. The number of rotatable bonds is 4. The van der Waals surface area contributed by atoms with Crippen molar-refractivity contribution in [3.05, 3.63) is 11.1 Å². The Morgan fingerprint density at radius 2 is 2.53 bits per heavy atom. The zero-order chi connectivity index (χ0) is 12.4. The van der Waals surface area contributed by atoms with Crippen LogP contribution in [0.25, 0.3) is 0 Å². The molecular weight excluding hydrogens is 260 g/mol. The molecule has 0 N–H and O–H groups in total. The van der Waals surface area contributed by atoms with Crippen LogP contribution in [-0.4, -0.2) is 42.4 Å². The Bertz CT molecular complexity index is 410. The molecule has 2 unspecified atom stereocenters. The van der Waals surface area contributed by atoms with Gasteiger partial charge in [0.25, 0.3) is 0 Å². The number of hydrogen-bond acceptors (Lipinski definition) is 5. The zero-order valence-electron chi connectivity index (χ0n) is 9.85. The number of Topliss-reactive ketones (excluding diaryl/α,β-unsaturated/α-hetero) is 1. The number of aromatic nitrogens is 1. The first-order valence-electron chi connectivity index (χ1n) is 5.52. The molecule has 17 heavy (non-hydrogen) atoms. The van der Waals surface area contributed by atoms with E-state index in [0.29, 0.717) is 11.7 Å². The number of carbonyl (C=O) groups is 1. The third-order valence-electron chi connectivity index (χ3n) is 3.03. The van der Waals surface area contributed by atoms with E-state index in [1.165, 1.54) is 11.3 Å². The normalized spacial score (nSPS) is 23.9. The summed E-state index contributed by atoms with van der Waals surface area (Å²) in [7, 11) is 1.99. The highest BCUT2D eigenvalue weighted by atomic mass is 35.5. The predicted molar refractivity (Wildman–Crippen MR) is 69.4 cm³/mol. The lowest BCUT2D eigenvalue weighted by molar-refractivity contribution is 0.101. The van der Waals surface area contributed by atoms with E-state index in [4.69, 9.17) is 16.3 Å². The fraction of sp³-hybridized carbons (Fsp3) is 0.636. The van der Waals surface area contributed by atoms with Crippen LogP contribution < -0.4 is 4.90 Å². The van der Waals surface area contributed by atoms with Gasteiger partial charge in [-0.2, -0.15) is 0 Å². The molecule has 0 radical (unpaired) electrons. The van der Waals surface area contributed by atoms with Gasteiger partial charge in [0.15, 0.2) is 10.9 Å². The lowest BCUT2D eigenvalue weighted by atomic mass is 10.1. The number of carbonyl (C=O) groups excluding carboxylic acids is 1. The maximum Gasteiger partial charge on any atom is 0.196 e. The summed E-state index contributed by atoms with van der Waals surface area (Å²) in [6.45, 7) is 2.85. The Balaban J connectivity index is 2.11. The van der Waals surface area contributed by atoms with Crippen molar-refractivity contribution < 1.29 is 9.53 Å². The first kappa shape index (κ1) is 12.8. The molecule has 0 spiro atoms. The maximum absolute atomic E-state index is 11.4. The molecule has 1 aliphatic rings. The van der Waals surface area contributed by atoms with E-state index in [0.717, 1.165) is 18.2 Å². The second-order valence-electron chi connectivity index (χ2n) is 4.11. The quantitative estimate of drug-likeness (QED) is 0.623. The highest BCUT2D eigenvalue weighted by molar-refractivity contribution is 7.14. The summed E-state index contributed by atoms with van der Waals surface area (Å²) in [6.07, 6.45) is 1.20. The van der Waals surface area contributed by atoms with Crippen LogP contribution in [0.3, 0.4) is 0 Å². The van der Waals surface area contributed by atoms with Crippen molar-refractivity contribution in [2.45, 2.75) is 25.5 Å². The third kappa shape index (κ3) is 2.61. The molecule has 2 atom stereocenters. The van der Waals surface area contributed by atoms with Gasteiger partial charge in [0.1, 0.15) is 5.69 Å². The Kier molecular flexibility index (Phi) is 4.01. The van der Waals surface area contributed by atoms with Gasteiger partial charge in [0.2, 0.25) is 0 Å². The number of hydrogen-bond donors (Lipinski definition) is 0. The van der Waals surface area contributed by atoms with Crippen LogP contribution in [-0.2, 0) is 4.74 Å². The topological polar surface area (TPSA) is 42.4 Å². The average Bonchev–Trinajstić information content (AvgIpc) is 2.95. The molecule has 4 nitrogen and oxygen atoms in total. The minimum Gasteiger partial charge on any atom is -0.376 e. The molecule has 2 heterocycles. The monoisotopic (exact) mass is 274 g/mol. The number of nitrogens with zero attached hydrogens (tertiary/aromatic N) is 2. The number of anilines is 1. The van der Waals surface area contributed by atoms with E-state index in [9.17, 15) is 4.79 Å². The number of thiazole rings is 1. The molecule has 6 heteroatoms. The average molecular weight is 275 g/mol. The summed E-state index contributed by atoms with van der Waals surface area (Å²) in [5.41, 5.74) is 0.457. The second-order valence-corrected chi connectivity index (χ2v) is 5.22. The summed E-state index contributed by atoms with van der Waals surface area (Å²) in [4.78, 5) is 17.8. The lowest BCUT2D eigenvalue weighted by Gasteiger charge is -2.25. The Labute approximate surface area is 110 Å². The van der Waals surface area contributed by atoms with Crippen LogP contribution in [0.2, 0.25) is 0 Å². The molecule has 1 aromatic rings. The SMILES string of the molecule is CC1OCCC1N(C)c1nc(C(=O)CCl)cs1. The number of alkyl halides is 1. The zero-order valence-corrected chi connectivity index (χ0v) is 11.4. The fourth-order valence-electron chi connectivity index (χ4n) is 1.99. The van der Waals surface area contributed by atoms with Crippen molar-refractivity contribution in [1.82, 2.24) is 4.98 Å². The van der Waals surface area contributed by atoms with Gasteiger partial charge in [-0.1, -0.05) is 0 Å². The van der Waals surface area contributed by atoms with Gasteiger partial charge >= 0.3 is 0 Å². The van der Waals surface area contributed by atoms with Crippen LogP contribution in [0.5, 0.6) is 0 Å². The van der Waals surface area contributed by atoms with Gasteiger partial charge < -0.3 is 9.64 Å². The molecular formula is C11H15ClN2O2S. The molecule has 0 aromatic carbocycles. The van der Waals surface area contributed by atoms with Crippen LogP contribution in [0.4, 0.5) is 5.13 Å². The Morgan fingerprint density at radius 3 is 3.12 bits per heavy atom. The molecule has 0 saturated carbocycles. The van der Waals surface area contributed by atoms with Crippen molar-refractivity contribution in [3.63, 3.8) is 0 Å². The van der Waals surface area contributed by atoms with Crippen LogP contribution in [0.15, 0.2) is 5.38 Å². The van der Waals surface area contributed by atoms with Crippen molar-refractivity contribution >= 4 is 33.9 Å². The molecule has 0 amide bonds. The molecule has 2 rings (SSSR count). The summed E-state index contributed by atoms with van der Waals surface area (Å²) in [5, 5.41) is 2.61. The van der Waals surface area contributed by atoms with Crippen molar-refractivity contribution in [2.75, 3.05) is 24.4 Å². The summed E-state index contributed by atoms with van der Waals surface area (Å²) < 4.78 is 5.53. The van der Waals surface area contributed by atoms with E-state index < -0.39 is 0 Å². The van der Waals surface area contributed by atoms with Crippen LogP contribution in [0.1, 0.15) is 23.8 Å². The van der Waals surface area contributed by atoms with E-state index in [1.54, 1.807) is 5.38 Å². The lowest BCUT2D eigenvalue weighted by Crippen LogP contribution is -2.36. The van der Waals surface area contributed by atoms with Gasteiger partial charge in [0.05, 0.1) is 18.0 Å². The van der Waals surface area contributed by atoms with Gasteiger partial charge in [0, 0.05) is 19.0 Å². The highest BCUT2D eigenvalue weighted by Gasteiger charge is 2.29. The molecule has 1 aliphatic heterocycles. The first-order valence-corrected chi connectivity index (χ1v) is 6.94. The van der Waals surface area contributed by atoms with Crippen molar-refractivity contribution in [3.8, 4) is 0 Å². The number of ketones is 1. The maximum atomic E-state index is 11.4. The largest absolute Gasteiger partial charge is 0.376 e. The highest BCUT2D eigenvalue weighted by Crippen LogP contribution is 2.27. The summed E-state index contributed by atoms with van der Waals surface area (Å²) in [5.74, 6) is -0.145. The third-order valence-corrected chi connectivity index (χ3v) is 4.21. The molecule has 1 saturated heterocycles. The number of halogens is 1. The first-order chi connectivity index (χ1) is 8.13. The van der Waals surface area contributed by atoms with Gasteiger partial charge in [-0.15, -0.1) is 22.9 Å². The van der Waals surface area contributed by atoms with Gasteiger partial charge in [-0.05, 0) is 13.3 Å². The minimum absolute atomic E-state index is 0.0180. The van der Waals surface area contributed by atoms with Gasteiger partial charge in [-0.3, -0.25) is 4.79 Å². The van der Waals surface area contributed by atoms with E-state index in [2.05, 4.69) is 16.8 Å². The van der Waals surface area contributed by atoms with Crippen LogP contribution in [0, 0.1) is 0 Å². The number of likely N-dealkylation sites (N-methyl/N-ethyl adjacent to an activating group) is 1. The smallest absolute Gasteiger partial charge is 0.196 e. The van der Waals surface area contributed by atoms with Crippen LogP contribution >= 0.6 is 22.9 Å². The molecule has 1 aromatic heterocycles. The Morgan fingerprint density at radius 1 is 1.76 bits per heavy atom. The minimum atomic E-state index is -0.127. The van der Waals surface area contributed by atoms with E-state index >= 15 is 0 Å². The molecule has 94 valence electrons. The Hall–Kier alpha value is -0.650. The summed E-state index contributed by atoms with van der Waals surface area (Å²) in [6, 6.07) is 0.333. The summed E-state index contributed by atoms with van der Waals surface area (Å²) >= 11 is 6.98. The molecule has 1 fully saturated rings. The number of ether oxygens (including phenoxy) is 1. The van der Waals surface area contributed by atoms with Crippen molar-refractivity contribution in [2.24, 2.45) is 0 Å². The van der Waals surface area contributed by atoms with E-state index in [-0.39, 0.29) is 17.8 Å². The standard InChI is InChI=1S/C11H15ClN2O2S/c1-7-9(3-4-16-7)14(2)11-13-8(6-17-11)10(15)5-12/h6-7,9H,3-5H2,1-2H3. The molecule has 0 aliphatic carbocycles. The fourth-order valence-corrected chi connectivity index (χ4v) is 2.98. The predicted octanol–water partition coefficient (Wildman–Crippen LogP) is 2.18. The molecule has 0 bridgehead atoms.